The molecule has 1 aromatic rings. The maximum atomic E-state index is 13.8. The first-order chi connectivity index (χ1) is 15.1. The number of rotatable bonds is 6. The molecule has 0 aliphatic heterocycles. The predicted octanol–water partition coefficient (Wildman–Crippen LogP) is 2.53. The van der Waals surface area contributed by atoms with Gasteiger partial charge in [-0.2, -0.15) is 4.72 Å². The van der Waals surface area contributed by atoms with E-state index in [0.717, 1.165) is 44.9 Å². The summed E-state index contributed by atoms with van der Waals surface area (Å²) < 4.78 is 29.4. The van der Waals surface area contributed by atoms with Crippen molar-refractivity contribution in [3.8, 4) is 0 Å². The Kier molecular flexibility index (Phi) is 4.98. The van der Waals surface area contributed by atoms with Gasteiger partial charge in [0.2, 0.25) is 21.8 Å². The molecule has 0 aromatic heterocycles. The molecule has 0 heterocycles. The second-order valence-corrected chi connectivity index (χ2v) is 12.7. The number of primary amides is 1. The molecular weight excluding hydrogens is 426 g/mol. The van der Waals surface area contributed by atoms with Gasteiger partial charge in [-0.15, -0.1) is 0 Å². The number of hydrogen-bond acceptors (Lipinski definition) is 4. The standard InChI is InChI=1S/C24H33N3O4S/c1-16-6-2-3-7-19(16)32(30,31)27-24(8-4-5-9-24)21(29)26-23-13-17-10-18(14-23)12-22(11-17,15-23)20(25)28/h2-3,6-7,17-18,27H,4-5,8-15H2,1H3,(H2,25,28)(H,26,29). The Morgan fingerprint density at radius 2 is 1.66 bits per heavy atom. The molecule has 7 nitrogen and oxygen atoms in total. The van der Waals surface area contributed by atoms with Gasteiger partial charge in [-0.05, 0) is 81.8 Å². The minimum Gasteiger partial charge on any atom is -0.369 e. The lowest BCUT2D eigenvalue weighted by Crippen LogP contribution is -2.69. The summed E-state index contributed by atoms with van der Waals surface area (Å²) in [5.41, 5.74) is 4.37. The number of aryl methyl sites for hydroxylation is 1. The number of sulfonamides is 1. The summed E-state index contributed by atoms with van der Waals surface area (Å²) in [6.07, 6.45) is 7.58. The molecule has 5 aliphatic rings. The Labute approximate surface area is 190 Å². The van der Waals surface area contributed by atoms with Gasteiger partial charge in [-0.3, -0.25) is 9.59 Å². The second-order valence-electron chi connectivity index (χ2n) is 11.0. The van der Waals surface area contributed by atoms with Crippen molar-refractivity contribution in [2.45, 2.75) is 87.1 Å². The van der Waals surface area contributed by atoms with Crippen molar-refractivity contribution in [3.63, 3.8) is 0 Å². The molecule has 8 heteroatoms. The average Bonchev–Trinajstić information content (AvgIpc) is 3.16. The molecule has 2 unspecified atom stereocenters. The van der Waals surface area contributed by atoms with Gasteiger partial charge < -0.3 is 11.1 Å². The molecule has 4 bridgehead atoms. The summed E-state index contributed by atoms with van der Waals surface area (Å²) in [5.74, 6) is 0.300. The third-order valence-electron chi connectivity index (χ3n) is 8.57. The Hall–Kier alpha value is -1.93. The van der Waals surface area contributed by atoms with Gasteiger partial charge in [0.25, 0.3) is 0 Å². The molecule has 5 aliphatic carbocycles. The number of hydrogen-bond donors (Lipinski definition) is 3. The van der Waals surface area contributed by atoms with Crippen LogP contribution in [0.3, 0.4) is 0 Å². The lowest BCUT2D eigenvalue weighted by Gasteiger charge is -2.61. The minimum absolute atomic E-state index is 0.210. The summed E-state index contributed by atoms with van der Waals surface area (Å²) in [5, 5.41) is 3.30. The van der Waals surface area contributed by atoms with Crippen molar-refractivity contribution in [2.24, 2.45) is 23.0 Å². The van der Waals surface area contributed by atoms with E-state index in [9.17, 15) is 18.0 Å². The van der Waals surface area contributed by atoms with Gasteiger partial charge >= 0.3 is 0 Å². The van der Waals surface area contributed by atoms with Crippen LogP contribution in [0, 0.1) is 24.2 Å². The van der Waals surface area contributed by atoms with E-state index in [4.69, 9.17) is 5.73 Å². The van der Waals surface area contributed by atoms with Crippen LogP contribution in [0.2, 0.25) is 0 Å². The van der Waals surface area contributed by atoms with Crippen LogP contribution in [-0.2, 0) is 19.6 Å². The lowest BCUT2D eigenvalue weighted by molar-refractivity contribution is -0.151. The SMILES string of the molecule is Cc1ccccc1S(=O)(=O)NC1(C(=O)NC23CC4CC(C2)CC(C(N)=O)(C4)C3)CCCC1. The normalized spacial score (nSPS) is 35.0. The molecule has 5 fully saturated rings. The van der Waals surface area contributed by atoms with Crippen LogP contribution < -0.4 is 15.8 Å². The van der Waals surface area contributed by atoms with E-state index in [1.165, 1.54) is 0 Å². The van der Waals surface area contributed by atoms with E-state index >= 15 is 0 Å². The number of carbonyl (C=O) groups is 2. The topological polar surface area (TPSA) is 118 Å². The third kappa shape index (κ3) is 3.46. The van der Waals surface area contributed by atoms with E-state index in [2.05, 4.69) is 10.0 Å². The predicted molar refractivity (Wildman–Crippen MR) is 120 cm³/mol. The quantitative estimate of drug-likeness (QED) is 0.606. The van der Waals surface area contributed by atoms with Gasteiger partial charge in [0, 0.05) is 5.54 Å². The molecule has 0 radical (unpaired) electrons. The van der Waals surface area contributed by atoms with Gasteiger partial charge in [0.15, 0.2) is 0 Å². The summed E-state index contributed by atoms with van der Waals surface area (Å²) in [7, 11) is -3.85. The molecule has 6 rings (SSSR count). The first kappa shape index (κ1) is 21.9. The zero-order valence-corrected chi connectivity index (χ0v) is 19.5. The minimum atomic E-state index is -3.85. The van der Waals surface area contributed by atoms with E-state index < -0.39 is 26.5 Å². The number of nitrogens with two attached hydrogens (primary N) is 1. The average molecular weight is 460 g/mol. The molecule has 174 valence electrons. The van der Waals surface area contributed by atoms with Crippen LogP contribution in [-0.4, -0.2) is 31.3 Å². The Morgan fingerprint density at radius 1 is 1.03 bits per heavy atom. The molecule has 0 saturated heterocycles. The smallest absolute Gasteiger partial charge is 0.241 e. The summed E-state index contributed by atoms with van der Waals surface area (Å²) >= 11 is 0. The van der Waals surface area contributed by atoms with Crippen molar-refractivity contribution in [2.75, 3.05) is 0 Å². The number of amides is 2. The first-order valence-corrected chi connectivity index (χ1v) is 13.3. The Balaban J connectivity index is 1.42. The monoisotopic (exact) mass is 459 g/mol. The molecule has 2 atom stereocenters. The highest BCUT2D eigenvalue weighted by atomic mass is 32.2. The van der Waals surface area contributed by atoms with Gasteiger partial charge in [0.05, 0.1) is 10.3 Å². The molecule has 0 spiro atoms. The molecule has 32 heavy (non-hydrogen) atoms. The van der Waals surface area contributed by atoms with Crippen LogP contribution in [0.15, 0.2) is 29.2 Å². The highest BCUT2D eigenvalue weighted by Crippen LogP contribution is 2.61. The van der Waals surface area contributed by atoms with E-state index in [1.54, 1.807) is 31.2 Å². The Morgan fingerprint density at radius 3 is 2.25 bits per heavy atom. The van der Waals surface area contributed by atoms with Gasteiger partial charge in [-0.1, -0.05) is 31.0 Å². The van der Waals surface area contributed by atoms with Gasteiger partial charge in [-0.25, -0.2) is 8.42 Å². The highest BCUT2D eigenvalue weighted by molar-refractivity contribution is 7.89. The Bertz CT molecular complexity index is 1050. The van der Waals surface area contributed by atoms with Crippen molar-refractivity contribution >= 4 is 21.8 Å². The molecule has 5 saturated carbocycles. The van der Waals surface area contributed by atoms with Crippen molar-refractivity contribution < 1.29 is 18.0 Å². The van der Waals surface area contributed by atoms with Crippen LogP contribution in [0.25, 0.3) is 0 Å². The van der Waals surface area contributed by atoms with Crippen molar-refractivity contribution in [1.82, 2.24) is 10.0 Å². The second kappa shape index (κ2) is 7.29. The van der Waals surface area contributed by atoms with Crippen LogP contribution in [0.4, 0.5) is 0 Å². The fraction of sp³-hybridized carbons (Fsp3) is 0.667. The van der Waals surface area contributed by atoms with Crippen molar-refractivity contribution in [3.05, 3.63) is 29.8 Å². The molecule has 1 aromatic carbocycles. The first-order valence-electron chi connectivity index (χ1n) is 11.8. The molecule has 4 N–H and O–H groups in total. The van der Waals surface area contributed by atoms with E-state index in [-0.39, 0.29) is 16.7 Å². The summed E-state index contributed by atoms with van der Waals surface area (Å²) in [6, 6.07) is 6.83. The van der Waals surface area contributed by atoms with Crippen LogP contribution >= 0.6 is 0 Å². The van der Waals surface area contributed by atoms with Crippen LogP contribution in [0.5, 0.6) is 0 Å². The van der Waals surface area contributed by atoms with Crippen molar-refractivity contribution in [1.29, 1.82) is 0 Å². The maximum absolute atomic E-state index is 13.8. The largest absolute Gasteiger partial charge is 0.369 e. The maximum Gasteiger partial charge on any atom is 0.241 e. The fourth-order valence-corrected chi connectivity index (χ4v) is 9.25. The van der Waals surface area contributed by atoms with Gasteiger partial charge in [0.1, 0.15) is 5.54 Å². The lowest BCUT2D eigenvalue weighted by atomic mass is 9.46. The summed E-state index contributed by atoms with van der Waals surface area (Å²) in [4.78, 5) is 26.4. The van der Waals surface area contributed by atoms with Crippen LogP contribution in [0.1, 0.15) is 69.8 Å². The number of carbonyl (C=O) groups excluding carboxylic acids is 2. The van der Waals surface area contributed by atoms with E-state index in [0.29, 0.717) is 36.7 Å². The molecule has 2 amide bonds. The zero-order valence-electron chi connectivity index (χ0n) is 18.7. The molecular formula is C24H33N3O4S. The van der Waals surface area contributed by atoms with E-state index in [1.807, 2.05) is 0 Å². The highest BCUT2D eigenvalue weighted by Gasteiger charge is 2.61. The number of nitrogens with one attached hydrogen (secondary N) is 2. The summed E-state index contributed by atoms with van der Waals surface area (Å²) in [6.45, 7) is 1.76. The number of benzene rings is 1. The fourth-order valence-electron chi connectivity index (χ4n) is 7.58. The zero-order chi connectivity index (χ0) is 22.8. The third-order valence-corrected chi connectivity index (χ3v) is 10.3.